The van der Waals surface area contributed by atoms with Crippen LogP contribution in [0.1, 0.15) is 40.4 Å². The summed E-state index contributed by atoms with van der Waals surface area (Å²) in [7, 11) is 2.96. The number of rotatable bonds is 4. The fraction of sp³-hybridized carbons (Fsp3) is 0.375. The van der Waals surface area contributed by atoms with Crippen molar-refractivity contribution in [3.05, 3.63) is 34.8 Å². The SMILES string of the molecule is COC(=O)c1cc(OC)cc(-c2ncc(C3CCC3)s2)c1. The van der Waals surface area contributed by atoms with Crippen molar-refractivity contribution in [3.8, 4) is 16.3 Å². The van der Waals surface area contributed by atoms with E-state index in [2.05, 4.69) is 4.98 Å². The van der Waals surface area contributed by atoms with Crippen molar-refractivity contribution in [2.45, 2.75) is 25.2 Å². The number of methoxy groups -OCH3 is 2. The largest absolute Gasteiger partial charge is 0.497 e. The molecule has 0 unspecified atom stereocenters. The normalized spacial score (nSPS) is 14.6. The van der Waals surface area contributed by atoms with Crippen LogP contribution in [0.2, 0.25) is 0 Å². The number of esters is 1. The third kappa shape index (κ3) is 2.78. The molecule has 5 heteroatoms. The van der Waals surface area contributed by atoms with Gasteiger partial charge in [-0.1, -0.05) is 6.42 Å². The van der Waals surface area contributed by atoms with Crippen LogP contribution in [-0.2, 0) is 4.74 Å². The first-order valence-electron chi connectivity index (χ1n) is 6.94. The van der Waals surface area contributed by atoms with Crippen molar-refractivity contribution in [1.82, 2.24) is 4.98 Å². The minimum atomic E-state index is -0.370. The lowest BCUT2D eigenvalue weighted by Crippen LogP contribution is -2.06. The Balaban J connectivity index is 1.96. The van der Waals surface area contributed by atoms with E-state index >= 15 is 0 Å². The van der Waals surface area contributed by atoms with Crippen molar-refractivity contribution in [3.63, 3.8) is 0 Å². The number of ether oxygens (including phenoxy) is 2. The molecule has 110 valence electrons. The lowest BCUT2D eigenvalue weighted by atomic mass is 9.85. The van der Waals surface area contributed by atoms with E-state index in [0.29, 0.717) is 17.2 Å². The molecule has 0 atom stereocenters. The van der Waals surface area contributed by atoms with Gasteiger partial charge in [-0.3, -0.25) is 0 Å². The van der Waals surface area contributed by atoms with Crippen LogP contribution in [0.4, 0.5) is 0 Å². The molecule has 1 aliphatic carbocycles. The molecule has 0 saturated heterocycles. The number of hydrogen-bond donors (Lipinski definition) is 0. The molecular weight excluding hydrogens is 286 g/mol. The lowest BCUT2D eigenvalue weighted by Gasteiger charge is -2.23. The Morgan fingerprint density at radius 3 is 2.71 bits per heavy atom. The summed E-state index contributed by atoms with van der Waals surface area (Å²) in [5.41, 5.74) is 1.37. The van der Waals surface area contributed by atoms with Gasteiger partial charge in [0.05, 0.1) is 19.8 Å². The smallest absolute Gasteiger partial charge is 0.338 e. The molecule has 4 nitrogen and oxygen atoms in total. The van der Waals surface area contributed by atoms with Crippen molar-refractivity contribution in [1.29, 1.82) is 0 Å². The molecule has 0 bridgehead atoms. The second kappa shape index (κ2) is 5.85. The highest BCUT2D eigenvalue weighted by Crippen LogP contribution is 2.41. The maximum Gasteiger partial charge on any atom is 0.338 e. The van der Waals surface area contributed by atoms with Crippen LogP contribution in [0.25, 0.3) is 10.6 Å². The first kappa shape index (κ1) is 14.1. The van der Waals surface area contributed by atoms with Crippen LogP contribution in [0.15, 0.2) is 24.4 Å². The van der Waals surface area contributed by atoms with Gasteiger partial charge in [0.25, 0.3) is 0 Å². The minimum Gasteiger partial charge on any atom is -0.497 e. The standard InChI is InChI=1S/C16H17NO3S/c1-19-13-7-11(6-12(8-13)16(18)20-2)15-17-9-14(21-15)10-4-3-5-10/h6-10H,3-5H2,1-2H3. The van der Waals surface area contributed by atoms with Gasteiger partial charge >= 0.3 is 5.97 Å². The van der Waals surface area contributed by atoms with Crippen LogP contribution in [0.3, 0.4) is 0 Å². The maximum absolute atomic E-state index is 11.7. The van der Waals surface area contributed by atoms with E-state index in [1.54, 1.807) is 30.6 Å². The Hall–Kier alpha value is -1.88. The highest BCUT2D eigenvalue weighted by atomic mass is 32.1. The molecule has 1 aromatic heterocycles. The summed E-state index contributed by atoms with van der Waals surface area (Å²) >= 11 is 1.70. The molecule has 1 aromatic carbocycles. The average Bonchev–Trinajstić information content (AvgIpc) is 2.93. The molecule has 21 heavy (non-hydrogen) atoms. The number of carbonyl (C=O) groups excluding carboxylic acids is 1. The molecule has 0 aliphatic heterocycles. The summed E-state index contributed by atoms with van der Waals surface area (Å²) in [5.74, 6) is 0.932. The summed E-state index contributed by atoms with van der Waals surface area (Å²) in [6, 6.07) is 5.38. The van der Waals surface area contributed by atoms with Crippen molar-refractivity contribution in [2.24, 2.45) is 0 Å². The molecule has 1 heterocycles. The summed E-state index contributed by atoms with van der Waals surface area (Å²) in [6.45, 7) is 0. The van der Waals surface area contributed by atoms with Gasteiger partial charge in [0.1, 0.15) is 10.8 Å². The van der Waals surface area contributed by atoms with E-state index in [0.717, 1.165) is 10.6 Å². The lowest BCUT2D eigenvalue weighted by molar-refractivity contribution is 0.0600. The van der Waals surface area contributed by atoms with Gasteiger partial charge in [-0.2, -0.15) is 0 Å². The second-order valence-electron chi connectivity index (χ2n) is 5.14. The molecule has 1 saturated carbocycles. The summed E-state index contributed by atoms with van der Waals surface area (Å²) < 4.78 is 10.1. The molecule has 0 radical (unpaired) electrons. The molecule has 0 amide bonds. The second-order valence-corrected chi connectivity index (χ2v) is 6.20. The van der Waals surface area contributed by atoms with Gasteiger partial charge in [-0.25, -0.2) is 9.78 Å². The van der Waals surface area contributed by atoms with Crippen LogP contribution in [0.5, 0.6) is 5.75 Å². The molecule has 0 N–H and O–H groups in total. The fourth-order valence-corrected chi connectivity index (χ4v) is 3.45. The average molecular weight is 303 g/mol. The molecule has 2 aromatic rings. The van der Waals surface area contributed by atoms with E-state index in [1.165, 1.54) is 31.2 Å². The van der Waals surface area contributed by atoms with Gasteiger partial charge in [-0.05, 0) is 37.0 Å². The van der Waals surface area contributed by atoms with E-state index in [9.17, 15) is 4.79 Å². The predicted octanol–water partition coefficient (Wildman–Crippen LogP) is 3.87. The number of thiazole rings is 1. The summed E-state index contributed by atoms with van der Waals surface area (Å²) in [5, 5.41) is 0.918. The number of aromatic nitrogens is 1. The van der Waals surface area contributed by atoms with Gasteiger partial charge in [0, 0.05) is 16.6 Å². The zero-order chi connectivity index (χ0) is 14.8. The Labute approximate surface area is 127 Å². The molecule has 1 aliphatic rings. The number of nitrogens with zero attached hydrogens (tertiary/aromatic N) is 1. The topological polar surface area (TPSA) is 48.4 Å². The first-order valence-corrected chi connectivity index (χ1v) is 7.76. The van der Waals surface area contributed by atoms with Crippen molar-refractivity contribution >= 4 is 17.3 Å². The quantitative estimate of drug-likeness (QED) is 0.804. The predicted molar refractivity (Wildman–Crippen MR) is 82.0 cm³/mol. The molecular formula is C16H17NO3S. The van der Waals surface area contributed by atoms with Gasteiger partial charge in [0.2, 0.25) is 0 Å². The third-order valence-electron chi connectivity index (χ3n) is 3.84. The zero-order valence-electron chi connectivity index (χ0n) is 12.1. The van der Waals surface area contributed by atoms with Crippen molar-refractivity contribution in [2.75, 3.05) is 14.2 Å². The van der Waals surface area contributed by atoms with E-state index in [1.807, 2.05) is 12.3 Å². The van der Waals surface area contributed by atoms with Gasteiger partial charge in [0.15, 0.2) is 0 Å². The van der Waals surface area contributed by atoms with E-state index in [-0.39, 0.29) is 5.97 Å². The highest BCUT2D eigenvalue weighted by molar-refractivity contribution is 7.15. The van der Waals surface area contributed by atoms with Crippen LogP contribution in [-0.4, -0.2) is 25.2 Å². The Morgan fingerprint density at radius 1 is 1.29 bits per heavy atom. The van der Waals surface area contributed by atoms with Crippen molar-refractivity contribution < 1.29 is 14.3 Å². The summed E-state index contributed by atoms with van der Waals surface area (Å²) in [4.78, 5) is 17.6. The Bertz CT molecular complexity index is 661. The Morgan fingerprint density at radius 2 is 2.10 bits per heavy atom. The maximum atomic E-state index is 11.7. The summed E-state index contributed by atoms with van der Waals surface area (Å²) in [6.07, 6.45) is 5.78. The van der Waals surface area contributed by atoms with Crippen LogP contribution >= 0.6 is 11.3 Å². The monoisotopic (exact) mass is 303 g/mol. The third-order valence-corrected chi connectivity index (χ3v) is 5.05. The molecule has 3 rings (SSSR count). The minimum absolute atomic E-state index is 0.370. The molecule has 1 fully saturated rings. The first-order chi connectivity index (χ1) is 10.2. The van der Waals surface area contributed by atoms with Crippen LogP contribution < -0.4 is 4.74 Å². The Kier molecular flexibility index (Phi) is 3.92. The van der Waals surface area contributed by atoms with Gasteiger partial charge in [-0.15, -0.1) is 11.3 Å². The zero-order valence-corrected chi connectivity index (χ0v) is 12.9. The fourth-order valence-electron chi connectivity index (χ4n) is 2.38. The number of benzene rings is 1. The highest BCUT2D eigenvalue weighted by Gasteiger charge is 2.22. The molecule has 0 spiro atoms. The van der Waals surface area contributed by atoms with E-state index < -0.39 is 0 Å². The van der Waals surface area contributed by atoms with Gasteiger partial charge < -0.3 is 9.47 Å². The van der Waals surface area contributed by atoms with E-state index in [4.69, 9.17) is 9.47 Å². The number of carbonyl (C=O) groups is 1. The van der Waals surface area contributed by atoms with Crippen LogP contribution in [0, 0.1) is 0 Å². The number of hydrogen-bond acceptors (Lipinski definition) is 5.